The van der Waals surface area contributed by atoms with Crippen LogP contribution in [-0.2, 0) is 12.8 Å². The van der Waals surface area contributed by atoms with Crippen LogP contribution in [0.4, 0.5) is 5.69 Å². The smallest absolute Gasteiger partial charge is 0.147 e. The normalized spacial score (nSPS) is 17.8. The molecule has 112 valence electrons. The maximum Gasteiger partial charge on any atom is 0.147 e. The van der Waals surface area contributed by atoms with Gasteiger partial charge >= 0.3 is 0 Å². The van der Waals surface area contributed by atoms with Gasteiger partial charge in [0.2, 0.25) is 0 Å². The lowest BCUT2D eigenvalue weighted by Gasteiger charge is -2.25. The van der Waals surface area contributed by atoms with Crippen LogP contribution in [0.15, 0.2) is 29.0 Å². The van der Waals surface area contributed by atoms with Crippen LogP contribution in [0, 0.1) is 5.92 Å². The van der Waals surface area contributed by atoms with Crippen LogP contribution in [0.25, 0.3) is 0 Å². The summed E-state index contributed by atoms with van der Waals surface area (Å²) < 4.78 is 5.17. The van der Waals surface area contributed by atoms with E-state index in [2.05, 4.69) is 42.5 Å². The maximum absolute atomic E-state index is 5.17. The van der Waals surface area contributed by atoms with Crippen LogP contribution >= 0.6 is 0 Å². The molecule has 1 heterocycles. The van der Waals surface area contributed by atoms with Crippen LogP contribution in [0.1, 0.15) is 55.0 Å². The van der Waals surface area contributed by atoms with Gasteiger partial charge in [0.25, 0.3) is 0 Å². The number of fused-ring (bicyclic) bond motifs is 1. The van der Waals surface area contributed by atoms with Gasteiger partial charge in [0.1, 0.15) is 12.0 Å². The van der Waals surface area contributed by atoms with E-state index in [4.69, 9.17) is 4.52 Å². The van der Waals surface area contributed by atoms with Gasteiger partial charge in [0.15, 0.2) is 0 Å². The number of benzene rings is 1. The zero-order valence-electron chi connectivity index (χ0n) is 13.1. The minimum absolute atomic E-state index is 0.364. The Hall–Kier alpha value is -1.77. The molecule has 1 atom stereocenters. The second-order valence-corrected chi connectivity index (χ2v) is 6.44. The van der Waals surface area contributed by atoms with Crippen molar-refractivity contribution in [1.29, 1.82) is 0 Å². The molecule has 1 N–H and O–H groups in total. The van der Waals surface area contributed by atoms with Crippen molar-refractivity contribution in [2.24, 2.45) is 5.92 Å². The van der Waals surface area contributed by atoms with Gasteiger partial charge in [-0.15, -0.1) is 0 Å². The maximum atomic E-state index is 5.17. The van der Waals surface area contributed by atoms with Gasteiger partial charge in [-0.05, 0) is 48.3 Å². The SMILES string of the molecule is CNc1conc1C1CCCc2cc(CC(C)C)ccc21. The fourth-order valence-electron chi connectivity index (χ4n) is 3.43. The van der Waals surface area contributed by atoms with Crippen LogP contribution in [0.5, 0.6) is 0 Å². The lowest BCUT2D eigenvalue weighted by Crippen LogP contribution is -2.13. The highest BCUT2D eigenvalue weighted by atomic mass is 16.5. The van der Waals surface area contributed by atoms with Gasteiger partial charge in [0.05, 0.1) is 5.69 Å². The third-order valence-electron chi connectivity index (χ3n) is 4.36. The molecule has 1 aromatic carbocycles. The highest BCUT2D eigenvalue weighted by molar-refractivity contribution is 5.51. The summed E-state index contributed by atoms with van der Waals surface area (Å²) in [5.74, 6) is 1.07. The molecular weight excluding hydrogens is 260 g/mol. The molecule has 0 radical (unpaired) electrons. The van der Waals surface area contributed by atoms with E-state index in [9.17, 15) is 0 Å². The van der Waals surface area contributed by atoms with E-state index < -0.39 is 0 Å². The van der Waals surface area contributed by atoms with Crippen molar-refractivity contribution < 1.29 is 4.52 Å². The largest absolute Gasteiger partial charge is 0.384 e. The summed E-state index contributed by atoms with van der Waals surface area (Å²) >= 11 is 0. The first kappa shape index (κ1) is 14.2. The zero-order valence-corrected chi connectivity index (χ0v) is 13.1. The fraction of sp³-hybridized carbons (Fsp3) is 0.500. The van der Waals surface area contributed by atoms with E-state index >= 15 is 0 Å². The topological polar surface area (TPSA) is 38.1 Å². The number of nitrogens with zero attached hydrogens (tertiary/aromatic N) is 1. The Morgan fingerprint density at radius 1 is 1.38 bits per heavy atom. The molecule has 0 spiro atoms. The first-order valence-corrected chi connectivity index (χ1v) is 7.92. The van der Waals surface area contributed by atoms with Crippen molar-refractivity contribution in [3.8, 4) is 0 Å². The molecule has 3 heteroatoms. The zero-order chi connectivity index (χ0) is 14.8. The molecule has 1 aromatic heterocycles. The molecule has 1 aliphatic rings. The highest BCUT2D eigenvalue weighted by Gasteiger charge is 2.26. The average molecular weight is 284 g/mol. The number of aryl methyl sites for hydroxylation is 1. The van der Waals surface area contributed by atoms with E-state index in [-0.39, 0.29) is 0 Å². The number of hydrogen-bond donors (Lipinski definition) is 1. The molecule has 0 saturated heterocycles. The lowest BCUT2D eigenvalue weighted by atomic mass is 9.79. The van der Waals surface area contributed by atoms with E-state index in [1.807, 2.05) is 7.05 Å². The van der Waals surface area contributed by atoms with Gasteiger partial charge < -0.3 is 9.84 Å². The van der Waals surface area contributed by atoms with Crippen LogP contribution in [0.3, 0.4) is 0 Å². The molecule has 3 rings (SSSR count). The molecule has 21 heavy (non-hydrogen) atoms. The van der Waals surface area contributed by atoms with Gasteiger partial charge in [-0.25, -0.2) is 0 Å². The van der Waals surface area contributed by atoms with Crippen molar-refractivity contribution >= 4 is 5.69 Å². The first-order chi connectivity index (χ1) is 10.2. The number of hydrogen-bond acceptors (Lipinski definition) is 3. The van der Waals surface area contributed by atoms with Gasteiger partial charge in [-0.1, -0.05) is 37.2 Å². The summed E-state index contributed by atoms with van der Waals surface area (Å²) in [7, 11) is 1.92. The van der Waals surface area contributed by atoms with Crippen molar-refractivity contribution in [3.63, 3.8) is 0 Å². The van der Waals surface area contributed by atoms with Gasteiger partial charge in [0, 0.05) is 13.0 Å². The number of rotatable bonds is 4. The summed E-state index contributed by atoms with van der Waals surface area (Å²) in [6.07, 6.45) is 6.42. The van der Waals surface area contributed by atoms with Crippen LogP contribution < -0.4 is 5.32 Å². The van der Waals surface area contributed by atoms with E-state index in [1.54, 1.807) is 6.26 Å². The third kappa shape index (κ3) is 2.82. The monoisotopic (exact) mass is 284 g/mol. The Bertz CT molecular complexity index is 615. The van der Waals surface area contributed by atoms with Gasteiger partial charge in [-0.2, -0.15) is 0 Å². The van der Waals surface area contributed by atoms with Crippen LogP contribution in [0.2, 0.25) is 0 Å². The molecule has 2 aromatic rings. The Morgan fingerprint density at radius 2 is 2.24 bits per heavy atom. The Morgan fingerprint density at radius 3 is 3.00 bits per heavy atom. The summed E-state index contributed by atoms with van der Waals surface area (Å²) in [6, 6.07) is 7.00. The predicted octanol–water partition coefficient (Wildman–Crippen LogP) is 4.38. The number of aromatic nitrogens is 1. The average Bonchev–Trinajstić information content (AvgIpc) is 2.94. The first-order valence-electron chi connectivity index (χ1n) is 7.92. The molecule has 1 unspecified atom stereocenters. The lowest BCUT2D eigenvalue weighted by molar-refractivity contribution is 0.404. The number of nitrogens with one attached hydrogen (secondary N) is 1. The molecule has 0 bridgehead atoms. The molecular formula is C18H24N2O. The second-order valence-electron chi connectivity index (χ2n) is 6.44. The third-order valence-corrected chi connectivity index (χ3v) is 4.36. The Kier molecular flexibility index (Phi) is 4.00. The summed E-state index contributed by atoms with van der Waals surface area (Å²) in [4.78, 5) is 0. The predicted molar refractivity (Wildman–Crippen MR) is 85.8 cm³/mol. The van der Waals surface area contributed by atoms with E-state index in [0.29, 0.717) is 11.8 Å². The van der Waals surface area contributed by atoms with Gasteiger partial charge in [-0.3, -0.25) is 0 Å². The molecule has 3 nitrogen and oxygen atoms in total. The number of anilines is 1. The molecule has 1 aliphatic carbocycles. The van der Waals surface area contributed by atoms with Crippen LogP contribution in [-0.4, -0.2) is 12.2 Å². The summed E-state index contributed by atoms with van der Waals surface area (Å²) in [5, 5.41) is 7.43. The second kappa shape index (κ2) is 5.92. The standard InChI is InChI=1S/C18H24N2O/c1-12(2)9-13-7-8-15-14(10-13)5-4-6-16(15)18-17(19-3)11-21-20-18/h7-8,10-12,16,19H,4-6,9H2,1-3H3. The minimum Gasteiger partial charge on any atom is -0.384 e. The summed E-state index contributed by atoms with van der Waals surface area (Å²) in [5.41, 5.74) is 6.45. The summed E-state index contributed by atoms with van der Waals surface area (Å²) in [6.45, 7) is 4.55. The molecule has 0 aliphatic heterocycles. The molecule has 0 fully saturated rings. The Balaban J connectivity index is 1.95. The van der Waals surface area contributed by atoms with Crippen molar-refractivity contribution in [3.05, 3.63) is 46.8 Å². The molecule has 0 amide bonds. The minimum atomic E-state index is 0.364. The van der Waals surface area contributed by atoms with Crippen molar-refractivity contribution in [2.75, 3.05) is 12.4 Å². The van der Waals surface area contributed by atoms with Crippen molar-refractivity contribution in [2.45, 2.75) is 45.4 Å². The van der Waals surface area contributed by atoms with Crippen molar-refractivity contribution in [1.82, 2.24) is 5.16 Å². The quantitative estimate of drug-likeness (QED) is 0.905. The van der Waals surface area contributed by atoms with E-state index in [0.717, 1.165) is 24.2 Å². The molecule has 0 saturated carbocycles. The highest BCUT2D eigenvalue weighted by Crippen LogP contribution is 2.39. The van der Waals surface area contributed by atoms with E-state index in [1.165, 1.54) is 29.5 Å². The Labute approximate surface area is 126 Å². The fourth-order valence-corrected chi connectivity index (χ4v) is 3.43.